The number of H-pyrrole nitrogens is 1. The average Bonchev–Trinajstić information content (AvgIpc) is 3.33. The van der Waals surface area contributed by atoms with Gasteiger partial charge in [-0.3, -0.25) is 9.56 Å². The van der Waals surface area contributed by atoms with Crippen molar-refractivity contribution in [1.29, 1.82) is 0 Å². The molecule has 9 heteroatoms. The second-order valence-corrected chi connectivity index (χ2v) is 10.6. The van der Waals surface area contributed by atoms with E-state index >= 15 is 4.39 Å². The van der Waals surface area contributed by atoms with Crippen molar-refractivity contribution in [3.8, 4) is 16.9 Å². The minimum atomic E-state index is -0.399. The molecule has 2 aromatic heterocycles. The molecule has 2 aromatic carbocycles. The first kappa shape index (κ1) is 29.0. The SMILES string of the molecule is CCc1cc(CCCC(C)C)cc(-c2cc3cn(-c4ccc(CNCCCN=C(N)N)cc4)c(=O)nc3[nH]2)c1F. The zero-order chi connectivity index (χ0) is 28.6. The van der Waals surface area contributed by atoms with E-state index in [1.807, 2.05) is 49.4 Å². The molecule has 0 aliphatic carbocycles. The van der Waals surface area contributed by atoms with Crippen LogP contribution in [0.3, 0.4) is 0 Å². The van der Waals surface area contributed by atoms with Crippen LogP contribution >= 0.6 is 0 Å². The van der Waals surface area contributed by atoms with E-state index in [-0.39, 0.29) is 11.8 Å². The Morgan fingerprint density at radius 2 is 1.90 bits per heavy atom. The first-order valence-corrected chi connectivity index (χ1v) is 14.0. The Morgan fingerprint density at radius 1 is 1.12 bits per heavy atom. The fourth-order valence-electron chi connectivity index (χ4n) is 4.81. The molecular formula is C31H40FN7O. The zero-order valence-corrected chi connectivity index (χ0v) is 23.6. The summed E-state index contributed by atoms with van der Waals surface area (Å²) >= 11 is 0. The minimum absolute atomic E-state index is 0.105. The quantitative estimate of drug-likeness (QED) is 0.109. The van der Waals surface area contributed by atoms with Crippen LogP contribution in [0, 0.1) is 11.7 Å². The maximum absolute atomic E-state index is 15.4. The van der Waals surface area contributed by atoms with Gasteiger partial charge in [0.1, 0.15) is 11.5 Å². The summed E-state index contributed by atoms with van der Waals surface area (Å²) in [5.74, 6) is 0.519. The van der Waals surface area contributed by atoms with Crippen molar-refractivity contribution in [2.75, 3.05) is 13.1 Å². The molecule has 0 saturated heterocycles. The number of nitrogens with two attached hydrogens (primary N) is 2. The first-order valence-electron chi connectivity index (χ1n) is 14.0. The lowest BCUT2D eigenvalue weighted by molar-refractivity contribution is 0.555. The zero-order valence-electron chi connectivity index (χ0n) is 23.6. The van der Waals surface area contributed by atoms with Crippen LogP contribution in [-0.4, -0.2) is 33.6 Å². The van der Waals surface area contributed by atoms with Gasteiger partial charge in [0.2, 0.25) is 0 Å². The number of hydrogen-bond acceptors (Lipinski definition) is 4. The van der Waals surface area contributed by atoms with E-state index in [1.165, 1.54) is 4.57 Å². The highest BCUT2D eigenvalue weighted by atomic mass is 19.1. The normalized spacial score (nSPS) is 11.4. The number of rotatable bonds is 13. The predicted molar refractivity (Wildman–Crippen MR) is 161 cm³/mol. The summed E-state index contributed by atoms with van der Waals surface area (Å²) in [5, 5.41) is 4.09. The Balaban J connectivity index is 1.53. The minimum Gasteiger partial charge on any atom is -0.370 e. The Kier molecular flexibility index (Phi) is 9.71. The summed E-state index contributed by atoms with van der Waals surface area (Å²) in [6.45, 7) is 8.47. The Bertz CT molecular complexity index is 1520. The molecule has 0 aliphatic heterocycles. The molecular weight excluding hydrogens is 505 g/mol. The fraction of sp³-hybridized carbons (Fsp3) is 0.387. The number of aromatic amines is 1. The van der Waals surface area contributed by atoms with Crippen LogP contribution in [0.15, 0.2) is 58.4 Å². The van der Waals surface area contributed by atoms with Crippen molar-refractivity contribution in [2.45, 2.75) is 59.4 Å². The number of benzene rings is 2. The summed E-state index contributed by atoms with van der Waals surface area (Å²) in [6, 6.07) is 13.5. The number of nitrogens with zero attached hydrogens (tertiary/aromatic N) is 3. The Labute approximate surface area is 234 Å². The highest BCUT2D eigenvalue weighted by molar-refractivity contribution is 5.83. The van der Waals surface area contributed by atoms with E-state index in [0.717, 1.165) is 48.7 Å². The van der Waals surface area contributed by atoms with E-state index in [1.54, 1.807) is 6.20 Å². The van der Waals surface area contributed by atoms with Crippen molar-refractivity contribution >= 4 is 17.0 Å². The summed E-state index contributed by atoms with van der Waals surface area (Å²) in [5.41, 5.74) is 15.5. The molecule has 8 nitrogen and oxygen atoms in total. The summed E-state index contributed by atoms with van der Waals surface area (Å²) in [7, 11) is 0. The highest BCUT2D eigenvalue weighted by Crippen LogP contribution is 2.30. The molecule has 0 amide bonds. The van der Waals surface area contributed by atoms with E-state index in [4.69, 9.17) is 11.5 Å². The molecule has 0 bridgehead atoms. The van der Waals surface area contributed by atoms with Gasteiger partial charge in [0.05, 0.1) is 11.4 Å². The molecule has 6 N–H and O–H groups in total. The molecule has 4 aromatic rings. The number of guanidine groups is 1. The van der Waals surface area contributed by atoms with Gasteiger partial charge in [0.15, 0.2) is 5.96 Å². The number of aliphatic imine (C=N–C) groups is 1. The lowest BCUT2D eigenvalue weighted by atomic mass is 9.96. The van der Waals surface area contributed by atoms with Gasteiger partial charge in [-0.1, -0.05) is 45.4 Å². The lowest BCUT2D eigenvalue weighted by Gasteiger charge is -2.11. The van der Waals surface area contributed by atoms with Gasteiger partial charge < -0.3 is 21.8 Å². The van der Waals surface area contributed by atoms with Crippen LogP contribution in [0.4, 0.5) is 4.39 Å². The Morgan fingerprint density at radius 3 is 2.60 bits per heavy atom. The number of halogens is 1. The van der Waals surface area contributed by atoms with Gasteiger partial charge in [-0.2, -0.15) is 4.98 Å². The number of fused-ring (bicyclic) bond motifs is 1. The van der Waals surface area contributed by atoms with Crippen molar-refractivity contribution in [3.05, 3.63) is 81.7 Å². The molecule has 2 heterocycles. The molecule has 0 aliphatic rings. The molecule has 40 heavy (non-hydrogen) atoms. The van der Waals surface area contributed by atoms with E-state index in [2.05, 4.69) is 34.1 Å². The number of hydrogen-bond donors (Lipinski definition) is 4. The molecule has 0 atom stereocenters. The van der Waals surface area contributed by atoms with Crippen LogP contribution in [-0.2, 0) is 19.4 Å². The van der Waals surface area contributed by atoms with Crippen LogP contribution in [0.25, 0.3) is 28.0 Å². The smallest absolute Gasteiger partial charge is 0.354 e. The van der Waals surface area contributed by atoms with Crippen LogP contribution in [0.2, 0.25) is 0 Å². The van der Waals surface area contributed by atoms with Gasteiger partial charge in [0, 0.05) is 30.2 Å². The largest absolute Gasteiger partial charge is 0.370 e. The van der Waals surface area contributed by atoms with Gasteiger partial charge in [0.25, 0.3) is 0 Å². The fourth-order valence-corrected chi connectivity index (χ4v) is 4.81. The number of aryl methyl sites for hydroxylation is 2. The third-order valence-corrected chi connectivity index (χ3v) is 6.98. The third kappa shape index (κ3) is 7.35. The summed E-state index contributed by atoms with van der Waals surface area (Å²) in [6.07, 6.45) is 6.31. The van der Waals surface area contributed by atoms with Crippen molar-refractivity contribution in [3.63, 3.8) is 0 Å². The monoisotopic (exact) mass is 545 g/mol. The first-order chi connectivity index (χ1) is 19.2. The van der Waals surface area contributed by atoms with Crippen LogP contribution in [0.5, 0.6) is 0 Å². The summed E-state index contributed by atoms with van der Waals surface area (Å²) < 4.78 is 16.9. The number of nitrogens with one attached hydrogen (secondary N) is 2. The van der Waals surface area contributed by atoms with Crippen molar-refractivity contribution < 1.29 is 4.39 Å². The average molecular weight is 546 g/mol. The molecule has 0 unspecified atom stereocenters. The predicted octanol–water partition coefficient (Wildman–Crippen LogP) is 4.81. The maximum atomic E-state index is 15.4. The van der Waals surface area contributed by atoms with Crippen molar-refractivity contribution in [2.24, 2.45) is 22.4 Å². The number of aromatic nitrogens is 3. The topological polar surface area (TPSA) is 127 Å². The van der Waals surface area contributed by atoms with Gasteiger partial charge in [-0.15, -0.1) is 0 Å². The highest BCUT2D eigenvalue weighted by Gasteiger charge is 2.15. The second kappa shape index (κ2) is 13.4. The molecule has 0 fully saturated rings. The standard InChI is InChI=1S/C31H40FN7O/c1-4-23-15-22(8-5-7-20(2)3)16-26(28(23)32)27-17-24-19-39(31(40)38-29(24)37-27)25-11-9-21(10-12-25)18-35-13-6-14-36-30(33)34/h9-12,15-17,19-20,35H,4-8,13-14,18H2,1-3H3,(H4,33,34,36)(H,37,38,40). The molecule has 0 saturated carbocycles. The Hall–Kier alpha value is -3.98. The van der Waals surface area contributed by atoms with Gasteiger partial charge in [-0.25, -0.2) is 9.18 Å². The molecule has 212 valence electrons. The van der Waals surface area contributed by atoms with E-state index < -0.39 is 5.69 Å². The molecule has 0 spiro atoms. The lowest BCUT2D eigenvalue weighted by Crippen LogP contribution is -2.23. The van der Waals surface area contributed by atoms with Gasteiger partial charge >= 0.3 is 5.69 Å². The second-order valence-electron chi connectivity index (χ2n) is 10.6. The van der Waals surface area contributed by atoms with Crippen molar-refractivity contribution in [1.82, 2.24) is 19.9 Å². The van der Waals surface area contributed by atoms with E-state index in [9.17, 15) is 4.79 Å². The van der Waals surface area contributed by atoms with Crippen LogP contribution in [0.1, 0.15) is 56.7 Å². The third-order valence-electron chi connectivity index (χ3n) is 6.98. The summed E-state index contributed by atoms with van der Waals surface area (Å²) in [4.78, 5) is 24.3. The molecule has 0 radical (unpaired) electrons. The van der Waals surface area contributed by atoms with Gasteiger partial charge in [-0.05, 0) is 79.1 Å². The van der Waals surface area contributed by atoms with E-state index in [0.29, 0.717) is 53.6 Å². The van der Waals surface area contributed by atoms with Crippen LogP contribution < -0.4 is 22.5 Å². The molecule has 4 rings (SSSR count). The maximum Gasteiger partial charge on any atom is 0.354 e.